The fourth-order valence-corrected chi connectivity index (χ4v) is 2.54. The summed E-state index contributed by atoms with van der Waals surface area (Å²) < 4.78 is 1.83. The van der Waals surface area contributed by atoms with Crippen LogP contribution in [0, 0.1) is 20.8 Å². The molecule has 0 aliphatic heterocycles. The lowest BCUT2D eigenvalue weighted by molar-refractivity contribution is 0.318. The highest BCUT2D eigenvalue weighted by Gasteiger charge is 2.18. The minimum absolute atomic E-state index is 0.00175. The Bertz CT molecular complexity index is 680. The molecule has 0 radical (unpaired) electrons. The smallest absolute Gasteiger partial charge is 0.197 e. The van der Waals surface area contributed by atoms with Crippen molar-refractivity contribution in [2.45, 2.75) is 31.0 Å². The molecule has 0 saturated heterocycles. The highest BCUT2D eigenvalue weighted by molar-refractivity contribution is 7.99. The molecule has 3 N–H and O–H groups in total. The zero-order valence-electron chi connectivity index (χ0n) is 11.6. The van der Waals surface area contributed by atoms with Crippen LogP contribution in [0.3, 0.4) is 0 Å². The van der Waals surface area contributed by atoms with E-state index in [1.807, 2.05) is 32.4 Å². The van der Waals surface area contributed by atoms with Gasteiger partial charge in [-0.1, -0.05) is 5.16 Å². The molecule has 8 nitrogen and oxygen atoms in total. The third kappa shape index (κ3) is 2.44. The van der Waals surface area contributed by atoms with Gasteiger partial charge in [-0.2, -0.15) is 5.10 Å². The Labute approximate surface area is 120 Å². The van der Waals surface area contributed by atoms with Crippen LogP contribution in [0.2, 0.25) is 0 Å². The summed E-state index contributed by atoms with van der Waals surface area (Å²) in [5.74, 6) is 0.788. The van der Waals surface area contributed by atoms with E-state index in [9.17, 15) is 0 Å². The van der Waals surface area contributed by atoms with Gasteiger partial charge in [0.15, 0.2) is 11.0 Å². The zero-order chi connectivity index (χ0) is 14.9. The van der Waals surface area contributed by atoms with Crippen LogP contribution in [-0.4, -0.2) is 36.0 Å². The van der Waals surface area contributed by atoms with E-state index in [1.54, 1.807) is 0 Å². The maximum Gasteiger partial charge on any atom is 0.197 e. The summed E-state index contributed by atoms with van der Waals surface area (Å²) in [5.41, 5.74) is 7.84. The van der Waals surface area contributed by atoms with Crippen LogP contribution in [0.1, 0.15) is 22.6 Å². The van der Waals surface area contributed by atoms with Crippen LogP contribution >= 0.6 is 11.8 Å². The van der Waals surface area contributed by atoms with Crippen LogP contribution < -0.4 is 5.73 Å². The maximum atomic E-state index is 8.93. The van der Waals surface area contributed by atoms with Crippen molar-refractivity contribution in [3.8, 4) is 0 Å². The summed E-state index contributed by atoms with van der Waals surface area (Å²) in [7, 11) is 1.86. The normalized spacial score (nSPS) is 11.9. The molecule has 0 amide bonds. The lowest BCUT2D eigenvalue weighted by atomic mass is 10.1. The largest absolute Gasteiger partial charge is 0.409 e. The lowest BCUT2D eigenvalue weighted by Crippen LogP contribution is -2.18. The van der Waals surface area contributed by atoms with Crippen LogP contribution in [0.4, 0.5) is 0 Å². The van der Waals surface area contributed by atoms with Gasteiger partial charge >= 0.3 is 0 Å². The highest BCUT2D eigenvalue weighted by atomic mass is 32.2. The Morgan fingerprint density at radius 1 is 1.20 bits per heavy atom. The number of hydrogen-bond donors (Lipinski definition) is 2. The van der Waals surface area contributed by atoms with Gasteiger partial charge in [0.05, 0.1) is 11.3 Å². The second kappa shape index (κ2) is 5.45. The number of oxime groups is 1. The number of nitrogens with zero attached hydrogens (tertiary/aromatic N) is 6. The molecule has 9 heteroatoms. The zero-order valence-corrected chi connectivity index (χ0v) is 12.4. The Balaban J connectivity index is 2.52. The molecule has 0 unspecified atom stereocenters. The van der Waals surface area contributed by atoms with Gasteiger partial charge in [-0.05, 0) is 38.1 Å². The standard InChI is InChI=1S/C11H15N7OS/c1-5-6(2)13-15-10(8(5)9(12)17-19)20-11-16-14-7(3)18(11)4/h19H,1-4H3,(H2,12,17). The molecular weight excluding hydrogens is 278 g/mol. The number of aryl methyl sites for hydroxylation is 2. The average Bonchev–Trinajstić information content (AvgIpc) is 2.74. The molecule has 0 saturated carbocycles. The third-order valence-electron chi connectivity index (χ3n) is 3.03. The molecule has 0 spiro atoms. The van der Waals surface area contributed by atoms with Crippen LogP contribution in [0.5, 0.6) is 0 Å². The van der Waals surface area contributed by atoms with E-state index < -0.39 is 0 Å². The van der Waals surface area contributed by atoms with E-state index in [0.29, 0.717) is 15.7 Å². The average molecular weight is 293 g/mol. The molecule has 20 heavy (non-hydrogen) atoms. The monoisotopic (exact) mass is 293 g/mol. The number of amidine groups is 1. The predicted molar refractivity (Wildman–Crippen MR) is 73.9 cm³/mol. The maximum absolute atomic E-state index is 8.93. The minimum Gasteiger partial charge on any atom is -0.409 e. The quantitative estimate of drug-likeness (QED) is 0.372. The Morgan fingerprint density at radius 2 is 1.90 bits per heavy atom. The van der Waals surface area contributed by atoms with E-state index in [-0.39, 0.29) is 5.84 Å². The molecule has 2 heterocycles. The van der Waals surface area contributed by atoms with E-state index in [4.69, 9.17) is 10.9 Å². The number of hydrogen-bond acceptors (Lipinski definition) is 7. The molecule has 2 rings (SSSR count). The van der Waals surface area contributed by atoms with Crippen molar-refractivity contribution in [2.75, 3.05) is 0 Å². The number of rotatable bonds is 3. The Morgan fingerprint density at radius 3 is 2.45 bits per heavy atom. The van der Waals surface area contributed by atoms with Gasteiger partial charge in [-0.3, -0.25) is 0 Å². The summed E-state index contributed by atoms with van der Waals surface area (Å²) in [5, 5.41) is 29.4. The van der Waals surface area contributed by atoms with Gasteiger partial charge in [-0.15, -0.1) is 15.3 Å². The molecule has 0 fully saturated rings. The first-order valence-corrected chi connectivity index (χ1v) is 6.63. The van der Waals surface area contributed by atoms with Crippen molar-refractivity contribution in [3.63, 3.8) is 0 Å². The van der Waals surface area contributed by atoms with Crippen molar-refractivity contribution in [3.05, 3.63) is 22.6 Å². The van der Waals surface area contributed by atoms with Crippen molar-refractivity contribution < 1.29 is 5.21 Å². The van der Waals surface area contributed by atoms with Crippen molar-refractivity contribution in [2.24, 2.45) is 17.9 Å². The second-order valence-corrected chi connectivity index (χ2v) is 5.22. The molecular formula is C11H15N7OS. The van der Waals surface area contributed by atoms with E-state index in [1.165, 1.54) is 11.8 Å². The first kappa shape index (κ1) is 14.3. The molecule has 0 aliphatic carbocycles. The summed E-state index contributed by atoms with van der Waals surface area (Å²) in [4.78, 5) is 0. The van der Waals surface area contributed by atoms with Crippen LogP contribution in [-0.2, 0) is 7.05 Å². The molecule has 2 aromatic rings. The second-order valence-electron chi connectivity index (χ2n) is 4.27. The SMILES string of the molecule is Cc1nnc(Sc2nnc(C)n2C)c(C(N)=NO)c1C. The fraction of sp³-hybridized carbons (Fsp3) is 0.364. The Hall–Kier alpha value is -2.16. The Kier molecular flexibility index (Phi) is 3.89. The van der Waals surface area contributed by atoms with Crippen molar-refractivity contribution in [1.82, 2.24) is 25.0 Å². The van der Waals surface area contributed by atoms with E-state index >= 15 is 0 Å². The predicted octanol–water partition coefficient (Wildman–Crippen LogP) is 0.776. The van der Waals surface area contributed by atoms with E-state index in [0.717, 1.165) is 17.1 Å². The van der Waals surface area contributed by atoms with Crippen LogP contribution in [0.25, 0.3) is 0 Å². The molecule has 0 aromatic carbocycles. The lowest BCUT2D eigenvalue weighted by Gasteiger charge is -2.10. The third-order valence-corrected chi connectivity index (χ3v) is 4.04. The molecule has 106 valence electrons. The van der Waals surface area contributed by atoms with Crippen molar-refractivity contribution >= 4 is 17.6 Å². The van der Waals surface area contributed by atoms with Gasteiger partial charge in [-0.25, -0.2) is 0 Å². The summed E-state index contributed by atoms with van der Waals surface area (Å²) >= 11 is 1.27. The summed E-state index contributed by atoms with van der Waals surface area (Å²) in [6, 6.07) is 0. The number of aromatic nitrogens is 5. The molecule has 0 atom stereocenters. The van der Waals surface area contributed by atoms with Crippen LogP contribution in [0.15, 0.2) is 15.3 Å². The van der Waals surface area contributed by atoms with Crippen molar-refractivity contribution in [1.29, 1.82) is 0 Å². The van der Waals surface area contributed by atoms with Gasteiger partial charge in [0.25, 0.3) is 0 Å². The van der Waals surface area contributed by atoms with E-state index in [2.05, 4.69) is 25.6 Å². The fourth-order valence-electron chi connectivity index (χ4n) is 1.57. The van der Waals surface area contributed by atoms with Gasteiger partial charge in [0.1, 0.15) is 10.9 Å². The molecule has 0 aliphatic rings. The topological polar surface area (TPSA) is 115 Å². The minimum atomic E-state index is 0.00175. The number of nitrogens with two attached hydrogens (primary N) is 1. The summed E-state index contributed by atoms with van der Waals surface area (Å²) in [6.07, 6.45) is 0. The highest BCUT2D eigenvalue weighted by Crippen LogP contribution is 2.29. The molecule has 0 bridgehead atoms. The molecule has 2 aromatic heterocycles. The summed E-state index contributed by atoms with van der Waals surface area (Å²) in [6.45, 7) is 5.52. The first-order valence-electron chi connectivity index (χ1n) is 5.81. The van der Waals surface area contributed by atoms with Gasteiger partial charge in [0.2, 0.25) is 0 Å². The first-order chi connectivity index (χ1) is 9.45. The van der Waals surface area contributed by atoms with Gasteiger partial charge < -0.3 is 15.5 Å². The van der Waals surface area contributed by atoms with Gasteiger partial charge in [0, 0.05) is 7.05 Å².